The van der Waals surface area contributed by atoms with Crippen molar-refractivity contribution in [2.24, 2.45) is 17.1 Å². The Bertz CT molecular complexity index is 1710. The molecule has 228 valence electrons. The number of rotatable bonds is 7. The molecule has 4 aromatic rings. The number of Topliss-reactive ketones (excluding diaryl/α,β-unsaturated/α-hetero) is 1. The van der Waals surface area contributed by atoms with Crippen LogP contribution in [0.3, 0.4) is 0 Å². The highest BCUT2D eigenvalue weighted by molar-refractivity contribution is 7.99. The Hall–Kier alpha value is -3.94. The quantitative estimate of drug-likeness (QED) is 0.259. The van der Waals surface area contributed by atoms with Gasteiger partial charge in [0.2, 0.25) is 5.95 Å². The van der Waals surface area contributed by atoms with E-state index in [1.807, 2.05) is 6.92 Å². The van der Waals surface area contributed by atoms with Gasteiger partial charge in [0.1, 0.15) is 33.9 Å². The fourth-order valence-electron chi connectivity index (χ4n) is 5.86. The van der Waals surface area contributed by atoms with Gasteiger partial charge in [0.05, 0.1) is 30.7 Å². The Morgan fingerprint density at radius 2 is 1.91 bits per heavy atom. The van der Waals surface area contributed by atoms with E-state index in [1.54, 1.807) is 24.7 Å². The molecule has 2 atom stereocenters. The SMILES string of the molecule is COc1cc(F)ccc1-c1nc(Nc2nccc(Sc3cnc(N4CCC5(CC4)CC(=O)[C@@H](C)[C@@H]5N)cn3)c2Cl)ncc1F. The molecule has 14 heteroatoms. The van der Waals surface area contributed by atoms with Crippen LogP contribution in [0.2, 0.25) is 5.02 Å². The third-order valence-corrected chi connectivity index (χ3v) is 9.91. The molecule has 1 spiro atoms. The number of carbonyl (C=O) groups is 1. The van der Waals surface area contributed by atoms with Crippen LogP contribution in [0.4, 0.5) is 26.4 Å². The van der Waals surface area contributed by atoms with Gasteiger partial charge in [-0.2, -0.15) is 0 Å². The van der Waals surface area contributed by atoms with Crippen LogP contribution < -0.4 is 20.7 Å². The maximum absolute atomic E-state index is 14.7. The number of pyridine rings is 1. The summed E-state index contributed by atoms with van der Waals surface area (Å²) in [5.41, 5.74) is 6.52. The Kier molecular flexibility index (Phi) is 8.36. The summed E-state index contributed by atoms with van der Waals surface area (Å²) in [5, 5.41) is 3.85. The molecule has 1 aliphatic heterocycles. The summed E-state index contributed by atoms with van der Waals surface area (Å²) in [7, 11) is 1.36. The number of nitrogens with zero attached hydrogens (tertiary/aromatic N) is 6. The standard InChI is InChI=1S/C30H29ClF2N8O2S/c1-16-20(42)12-30(27(16)34)6-9-41(10-7-30)23-14-37-24(15-36-23)44-22-5-8-35-28(25(22)31)40-29-38-13-19(33)26(39-29)18-4-3-17(32)11-21(18)43-2/h3-5,8,11,13-16,27H,6-7,9-10,12,34H2,1-2H3,(H,35,38,39,40)/t16-,27+/m1/s1. The molecule has 3 N–H and O–H groups in total. The van der Waals surface area contributed by atoms with Gasteiger partial charge in [-0.1, -0.05) is 30.3 Å². The van der Waals surface area contributed by atoms with Crippen LogP contribution in [0.5, 0.6) is 5.75 Å². The first kappa shape index (κ1) is 30.1. The summed E-state index contributed by atoms with van der Waals surface area (Å²) < 4.78 is 33.6. The summed E-state index contributed by atoms with van der Waals surface area (Å²) in [5.74, 6) is 0.135. The average molecular weight is 639 g/mol. The summed E-state index contributed by atoms with van der Waals surface area (Å²) >= 11 is 7.99. The summed E-state index contributed by atoms with van der Waals surface area (Å²) in [6.07, 6.45) is 8.24. The number of ether oxygens (including phenoxy) is 1. The normalized spacial score (nSPS) is 19.4. The van der Waals surface area contributed by atoms with Crippen LogP contribution in [0.15, 0.2) is 59.0 Å². The van der Waals surface area contributed by atoms with Crippen LogP contribution in [0.25, 0.3) is 11.3 Å². The molecule has 10 nitrogen and oxygen atoms in total. The van der Waals surface area contributed by atoms with Crippen LogP contribution in [0, 0.1) is 23.0 Å². The fraction of sp³-hybridized carbons (Fsp3) is 0.333. The summed E-state index contributed by atoms with van der Waals surface area (Å²) in [4.78, 5) is 36.9. The van der Waals surface area contributed by atoms with E-state index in [9.17, 15) is 13.6 Å². The van der Waals surface area contributed by atoms with Crippen LogP contribution >= 0.6 is 23.4 Å². The zero-order chi connectivity index (χ0) is 31.0. The Balaban J connectivity index is 1.14. The van der Waals surface area contributed by atoms with Gasteiger partial charge in [0, 0.05) is 54.2 Å². The maximum Gasteiger partial charge on any atom is 0.229 e. The van der Waals surface area contributed by atoms with Crippen LogP contribution in [0.1, 0.15) is 26.2 Å². The minimum absolute atomic E-state index is 0.0363. The number of ketones is 1. The Labute approximate surface area is 261 Å². The third-order valence-electron chi connectivity index (χ3n) is 8.44. The molecular formula is C30H29ClF2N8O2S. The Morgan fingerprint density at radius 1 is 1.11 bits per heavy atom. The average Bonchev–Trinajstić information content (AvgIpc) is 3.23. The summed E-state index contributed by atoms with van der Waals surface area (Å²) in [6.45, 7) is 3.46. The topological polar surface area (TPSA) is 132 Å². The van der Waals surface area contributed by atoms with Crippen molar-refractivity contribution in [3.8, 4) is 17.0 Å². The van der Waals surface area contributed by atoms with Crippen molar-refractivity contribution in [1.82, 2.24) is 24.9 Å². The highest BCUT2D eigenvalue weighted by Crippen LogP contribution is 2.46. The van der Waals surface area contributed by atoms with Crippen molar-refractivity contribution in [3.63, 3.8) is 0 Å². The number of hydrogen-bond donors (Lipinski definition) is 2. The minimum atomic E-state index is -0.707. The molecule has 1 saturated carbocycles. The molecule has 1 aromatic carbocycles. The van der Waals surface area contributed by atoms with E-state index in [4.69, 9.17) is 22.1 Å². The number of methoxy groups -OCH3 is 1. The van der Waals surface area contributed by atoms with Gasteiger partial charge in [-0.05, 0) is 36.5 Å². The molecule has 1 saturated heterocycles. The molecular weight excluding hydrogens is 610 g/mol. The smallest absolute Gasteiger partial charge is 0.229 e. The van der Waals surface area contributed by atoms with Crippen molar-refractivity contribution in [1.29, 1.82) is 0 Å². The van der Waals surface area contributed by atoms with Crippen molar-refractivity contribution in [2.75, 3.05) is 30.4 Å². The number of nitrogens with two attached hydrogens (primary N) is 1. The van der Waals surface area contributed by atoms with Gasteiger partial charge >= 0.3 is 0 Å². The molecule has 6 rings (SSSR count). The van der Waals surface area contributed by atoms with Crippen LogP contribution in [-0.4, -0.2) is 56.9 Å². The lowest BCUT2D eigenvalue weighted by Crippen LogP contribution is -2.48. The van der Waals surface area contributed by atoms with Crippen molar-refractivity contribution in [2.45, 2.75) is 42.1 Å². The molecule has 3 aromatic heterocycles. The zero-order valence-corrected chi connectivity index (χ0v) is 25.5. The number of anilines is 3. The number of nitrogens with one attached hydrogen (secondary N) is 1. The second kappa shape index (κ2) is 12.2. The number of carbonyl (C=O) groups excluding carboxylic acids is 1. The van der Waals surface area contributed by atoms with E-state index in [0.717, 1.165) is 44.0 Å². The molecule has 0 amide bonds. The second-order valence-electron chi connectivity index (χ2n) is 11.0. The van der Waals surface area contributed by atoms with Gasteiger partial charge < -0.3 is 20.7 Å². The predicted octanol–water partition coefficient (Wildman–Crippen LogP) is 5.69. The fourth-order valence-corrected chi connectivity index (χ4v) is 6.89. The molecule has 44 heavy (non-hydrogen) atoms. The number of aromatic nitrogens is 5. The van der Waals surface area contributed by atoms with Crippen molar-refractivity contribution >= 4 is 46.7 Å². The van der Waals surface area contributed by atoms with E-state index in [1.165, 1.54) is 31.0 Å². The van der Waals surface area contributed by atoms with Gasteiger partial charge in [-0.3, -0.25) is 4.79 Å². The number of halogens is 3. The van der Waals surface area contributed by atoms with Gasteiger partial charge in [0.25, 0.3) is 0 Å². The lowest BCUT2D eigenvalue weighted by atomic mass is 9.73. The van der Waals surface area contributed by atoms with Crippen molar-refractivity contribution in [3.05, 3.63) is 65.7 Å². The molecule has 0 unspecified atom stereocenters. The first-order valence-corrected chi connectivity index (χ1v) is 15.2. The number of hydrogen-bond acceptors (Lipinski definition) is 11. The van der Waals surface area contributed by atoms with Gasteiger partial charge in [-0.15, -0.1) is 0 Å². The highest BCUT2D eigenvalue weighted by atomic mass is 35.5. The third kappa shape index (κ3) is 5.78. The van der Waals surface area contributed by atoms with E-state index < -0.39 is 11.6 Å². The number of benzene rings is 1. The largest absolute Gasteiger partial charge is 0.496 e. The second-order valence-corrected chi connectivity index (χ2v) is 12.4. The molecule has 0 radical (unpaired) electrons. The molecule has 2 aliphatic rings. The predicted molar refractivity (Wildman–Crippen MR) is 163 cm³/mol. The molecule has 2 fully saturated rings. The summed E-state index contributed by atoms with van der Waals surface area (Å²) in [6, 6.07) is 5.37. The molecule has 1 aliphatic carbocycles. The molecule has 4 heterocycles. The molecule has 0 bridgehead atoms. The first-order chi connectivity index (χ1) is 21.2. The van der Waals surface area contributed by atoms with E-state index in [2.05, 4.69) is 35.1 Å². The maximum atomic E-state index is 14.7. The highest BCUT2D eigenvalue weighted by Gasteiger charge is 2.50. The lowest BCUT2D eigenvalue weighted by molar-refractivity contribution is -0.120. The van der Waals surface area contributed by atoms with E-state index in [-0.39, 0.29) is 57.0 Å². The zero-order valence-electron chi connectivity index (χ0n) is 23.9. The lowest BCUT2D eigenvalue weighted by Gasteiger charge is -2.42. The van der Waals surface area contributed by atoms with E-state index in [0.29, 0.717) is 16.3 Å². The monoisotopic (exact) mass is 638 g/mol. The van der Waals surface area contributed by atoms with Crippen LogP contribution in [-0.2, 0) is 4.79 Å². The minimum Gasteiger partial charge on any atom is -0.496 e. The Morgan fingerprint density at radius 3 is 2.59 bits per heavy atom. The van der Waals surface area contributed by atoms with Crippen molar-refractivity contribution < 1.29 is 18.3 Å². The van der Waals surface area contributed by atoms with Gasteiger partial charge in [0.15, 0.2) is 11.6 Å². The van der Waals surface area contributed by atoms with Gasteiger partial charge in [-0.25, -0.2) is 33.7 Å². The first-order valence-electron chi connectivity index (χ1n) is 14.0. The van der Waals surface area contributed by atoms with E-state index >= 15 is 0 Å². The number of piperidine rings is 1.